The van der Waals surface area contributed by atoms with Gasteiger partial charge in [0, 0.05) is 49.2 Å². The number of carbonyl (C=O) groups is 2. The van der Waals surface area contributed by atoms with Crippen LogP contribution in [0.1, 0.15) is 58.6 Å². The van der Waals surface area contributed by atoms with Gasteiger partial charge in [0.25, 0.3) is 11.8 Å². The summed E-state index contributed by atoms with van der Waals surface area (Å²) in [5.74, 6) is 1.45. The number of aryl methyl sites for hydroxylation is 1. The second-order valence-corrected chi connectivity index (χ2v) is 11.7. The second kappa shape index (κ2) is 13.4. The number of hydrogen-bond donors (Lipinski definition) is 1. The van der Waals surface area contributed by atoms with Crippen LogP contribution < -0.4 is 19.9 Å². The van der Waals surface area contributed by atoms with Crippen LogP contribution >= 0.6 is 0 Å². The Balaban J connectivity index is 1.10. The summed E-state index contributed by atoms with van der Waals surface area (Å²) in [6.45, 7) is 6.33. The van der Waals surface area contributed by atoms with E-state index in [2.05, 4.69) is 27.2 Å². The molecule has 0 saturated carbocycles. The number of hydrogen-bond acceptors (Lipinski definition) is 6. The van der Waals surface area contributed by atoms with E-state index >= 15 is 0 Å². The highest BCUT2D eigenvalue weighted by Gasteiger charge is 2.26. The number of rotatable bonds is 8. The van der Waals surface area contributed by atoms with E-state index in [1.165, 1.54) is 51.5 Å². The summed E-state index contributed by atoms with van der Waals surface area (Å²) in [5, 5.41) is 2.84. The molecule has 6 rings (SSSR count). The molecule has 8 nitrogen and oxygen atoms in total. The summed E-state index contributed by atoms with van der Waals surface area (Å²) >= 11 is 0. The molecule has 3 heterocycles. The lowest BCUT2D eigenvalue weighted by atomic mass is 9.99. The minimum absolute atomic E-state index is 0.185. The van der Waals surface area contributed by atoms with Crippen molar-refractivity contribution in [3.05, 3.63) is 102 Å². The molecule has 0 aliphatic carbocycles. The first-order chi connectivity index (χ1) is 21.5. The topological polar surface area (TPSA) is 78.3 Å². The number of likely N-dealkylation sites (tertiary alicyclic amines) is 1. The second-order valence-electron chi connectivity index (χ2n) is 11.7. The smallest absolute Gasteiger partial charge is 0.259 e. The van der Waals surface area contributed by atoms with E-state index in [0.717, 1.165) is 24.5 Å². The zero-order chi connectivity index (χ0) is 30.5. The van der Waals surface area contributed by atoms with Gasteiger partial charge in [0.2, 0.25) is 0 Å². The summed E-state index contributed by atoms with van der Waals surface area (Å²) in [7, 11) is 1.74. The number of nitrogens with one attached hydrogen (secondary N) is 1. The van der Waals surface area contributed by atoms with Crippen molar-refractivity contribution in [1.29, 1.82) is 0 Å². The Morgan fingerprint density at radius 2 is 1.64 bits per heavy atom. The summed E-state index contributed by atoms with van der Waals surface area (Å²) < 4.78 is 11.6. The molecule has 1 N–H and O–H groups in total. The molecule has 2 fully saturated rings. The van der Waals surface area contributed by atoms with Gasteiger partial charge in [0.05, 0.1) is 17.5 Å². The third-order valence-corrected chi connectivity index (χ3v) is 8.81. The zero-order valence-corrected chi connectivity index (χ0v) is 25.5. The number of amides is 2. The number of anilines is 3. The van der Waals surface area contributed by atoms with E-state index in [1.54, 1.807) is 49.2 Å². The van der Waals surface area contributed by atoms with Gasteiger partial charge in [0.15, 0.2) is 5.75 Å². The maximum Gasteiger partial charge on any atom is 0.259 e. The molecule has 228 valence electrons. The third-order valence-electron chi connectivity index (χ3n) is 8.81. The van der Waals surface area contributed by atoms with Gasteiger partial charge in [-0.2, -0.15) is 0 Å². The summed E-state index contributed by atoms with van der Waals surface area (Å²) in [6.07, 6.45) is 7.91. The summed E-state index contributed by atoms with van der Waals surface area (Å²) in [6, 6.07) is 25.0. The van der Waals surface area contributed by atoms with E-state index in [0.29, 0.717) is 40.1 Å². The molecule has 8 heteroatoms. The fraction of sp³-hybridized carbons (Fsp3) is 0.333. The van der Waals surface area contributed by atoms with Crippen molar-refractivity contribution in [2.75, 3.05) is 48.3 Å². The van der Waals surface area contributed by atoms with Crippen LogP contribution in [0.3, 0.4) is 0 Å². The number of benzene rings is 3. The first-order valence-electron chi connectivity index (χ1n) is 15.6. The number of piperidine rings is 2. The highest BCUT2D eigenvalue weighted by molar-refractivity contribution is 6.08. The SMILES string of the molecule is Cc1occc1C(=O)Nc1ccc(C(=O)N(C)c2ccccc2Oc2cccc(N3CCC(N4CCCCC4)CC3)c2)cc1. The van der Waals surface area contributed by atoms with Crippen molar-refractivity contribution in [2.45, 2.75) is 45.1 Å². The van der Waals surface area contributed by atoms with E-state index in [4.69, 9.17) is 9.15 Å². The Hall–Kier alpha value is -4.56. The highest BCUT2D eigenvalue weighted by atomic mass is 16.5. The molecule has 0 unspecified atom stereocenters. The predicted molar refractivity (Wildman–Crippen MR) is 174 cm³/mol. The fourth-order valence-electron chi connectivity index (χ4n) is 6.28. The Bertz CT molecular complexity index is 1580. The van der Waals surface area contributed by atoms with Crippen molar-refractivity contribution >= 4 is 28.9 Å². The number of furan rings is 1. The number of para-hydroxylation sites is 2. The summed E-state index contributed by atoms with van der Waals surface area (Å²) in [5.41, 5.74) is 3.39. The van der Waals surface area contributed by atoms with E-state index in [9.17, 15) is 9.59 Å². The van der Waals surface area contributed by atoms with Gasteiger partial charge in [0.1, 0.15) is 11.5 Å². The molecule has 0 bridgehead atoms. The Morgan fingerprint density at radius 1 is 0.886 bits per heavy atom. The van der Waals surface area contributed by atoms with E-state index < -0.39 is 0 Å². The molecule has 4 aromatic rings. The largest absolute Gasteiger partial charge is 0.469 e. The van der Waals surface area contributed by atoms with Crippen LogP contribution in [0.4, 0.5) is 17.1 Å². The molecule has 2 saturated heterocycles. The molecule has 1 aromatic heterocycles. The molecule has 44 heavy (non-hydrogen) atoms. The van der Waals surface area contributed by atoms with Crippen LogP contribution in [-0.4, -0.2) is 56.0 Å². The minimum Gasteiger partial charge on any atom is -0.469 e. The fourth-order valence-corrected chi connectivity index (χ4v) is 6.28. The Morgan fingerprint density at radius 3 is 2.36 bits per heavy atom. The van der Waals surface area contributed by atoms with Crippen LogP contribution in [0.25, 0.3) is 0 Å². The average molecular weight is 593 g/mol. The van der Waals surface area contributed by atoms with E-state index in [1.807, 2.05) is 36.4 Å². The minimum atomic E-state index is -0.260. The van der Waals surface area contributed by atoms with E-state index in [-0.39, 0.29) is 11.8 Å². The van der Waals surface area contributed by atoms with Crippen molar-refractivity contribution in [3.63, 3.8) is 0 Å². The zero-order valence-electron chi connectivity index (χ0n) is 25.5. The maximum absolute atomic E-state index is 13.5. The molecule has 3 aromatic carbocycles. The first kappa shape index (κ1) is 29.5. The highest BCUT2D eigenvalue weighted by Crippen LogP contribution is 2.34. The molecule has 0 spiro atoms. The molecule has 2 aliphatic rings. The lowest BCUT2D eigenvalue weighted by molar-refractivity contribution is 0.0991. The average Bonchev–Trinajstić information content (AvgIpc) is 3.51. The molecular formula is C36H40N4O4. The van der Waals surface area contributed by atoms with Crippen LogP contribution in [0.5, 0.6) is 11.5 Å². The number of carbonyl (C=O) groups excluding carboxylic acids is 2. The summed E-state index contributed by atoms with van der Waals surface area (Å²) in [4.78, 5) is 32.7. The molecule has 0 atom stereocenters. The predicted octanol–water partition coefficient (Wildman–Crippen LogP) is 7.36. The van der Waals surface area contributed by atoms with Crippen molar-refractivity contribution < 1.29 is 18.7 Å². The Kier molecular flexibility index (Phi) is 8.98. The number of nitrogens with zero attached hydrogens (tertiary/aromatic N) is 3. The lowest BCUT2D eigenvalue weighted by Crippen LogP contribution is -2.46. The molecule has 2 amide bonds. The van der Waals surface area contributed by atoms with Gasteiger partial charge in [-0.05, 0) is 100 Å². The van der Waals surface area contributed by atoms with Crippen LogP contribution in [0.2, 0.25) is 0 Å². The lowest BCUT2D eigenvalue weighted by Gasteiger charge is -2.41. The van der Waals surface area contributed by atoms with Gasteiger partial charge >= 0.3 is 0 Å². The maximum atomic E-state index is 13.5. The van der Waals surface area contributed by atoms with Gasteiger partial charge in [-0.25, -0.2) is 0 Å². The number of ether oxygens (including phenoxy) is 1. The molecular weight excluding hydrogens is 552 g/mol. The van der Waals surface area contributed by atoms with Crippen molar-refractivity contribution in [2.24, 2.45) is 0 Å². The monoisotopic (exact) mass is 592 g/mol. The molecule has 2 aliphatic heterocycles. The standard InChI is InChI=1S/C36H40N4O4/c1-26-32(19-24-43-26)35(41)37-28-15-13-27(14-16-28)36(42)38(2)33-11-4-5-12-34(33)44-31-10-8-9-30(25-31)40-22-17-29(18-23-40)39-20-6-3-7-21-39/h4-5,8-16,19,24-25,29H,3,6-7,17-18,20-23H2,1-2H3,(H,37,41). The molecule has 0 radical (unpaired) electrons. The van der Waals surface area contributed by atoms with Gasteiger partial charge < -0.3 is 29.2 Å². The Labute approximate surface area is 259 Å². The van der Waals surface area contributed by atoms with Gasteiger partial charge in [-0.1, -0.05) is 24.6 Å². The quantitative estimate of drug-likeness (QED) is 0.230. The van der Waals surface area contributed by atoms with Crippen LogP contribution in [-0.2, 0) is 0 Å². The van der Waals surface area contributed by atoms with Crippen molar-refractivity contribution in [3.8, 4) is 11.5 Å². The van der Waals surface area contributed by atoms with Crippen LogP contribution in [0.15, 0.2) is 89.5 Å². The third kappa shape index (κ3) is 6.65. The normalized spacial score (nSPS) is 16.0. The first-order valence-corrected chi connectivity index (χ1v) is 15.6. The van der Waals surface area contributed by atoms with Crippen molar-refractivity contribution in [1.82, 2.24) is 4.90 Å². The van der Waals surface area contributed by atoms with Gasteiger partial charge in [-0.15, -0.1) is 0 Å². The van der Waals surface area contributed by atoms with Crippen LogP contribution in [0, 0.1) is 6.92 Å². The van der Waals surface area contributed by atoms with Gasteiger partial charge in [-0.3, -0.25) is 9.59 Å².